The molecular formula is C21H24N2O4. The maximum Gasteiger partial charge on any atom is 0.265 e. The van der Waals surface area contributed by atoms with Gasteiger partial charge in [0.25, 0.3) is 11.8 Å². The van der Waals surface area contributed by atoms with Crippen LogP contribution in [-0.2, 0) is 16.1 Å². The van der Waals surface area contributed by atoms with Crippen LogP contribution >= 0.6 is 0 Å². The molecular weight excluding hydrogens is 344 g/mol. The van der Waals surface area contributed by atoms with Gasteiger partial charge in [-0.25, -0.2) is 0 Å². The van der Waals surface area contributed by atoms with Crippen LogP contribution < -0.4 is 15.0 Å². The molecule has 0 saturated carbocycles. The van der Waals surface area contributed by atoms with Crippen molar-refractivity contribution in [3.63, 3.8) is 0 Å². The molecule has 0 radical (unpaired) electrons. The van der Waals surface area contributed by atoms with Crippen molar-refractivity contribution in [1.82, 2.24) is 5.32 Å². The second-order valence-corrected chi connectivity index (χ2v) is 6.54. The van der Waals surface area contributed by atoms with E-state index in [1.165, 1.54) is 0 Å². The summed E-state index contributed by atoms with van der Waals surface area (Å²) in [7, 11) is 1.64. The highest BCUT2D eigenvalue weighted by molar-refractivity contribution is 5.98. The van der Waals surface area contributed by atoms with Gasteiger partial charge in [0.1, 0.15) is 5.75 Å². The molecule has 1 N–H and O–H groups in total. The number of ether oxygens (including phenoxy) is 2. The van der Waals surface area contributed by atoms with E-state index in [0.29, 0.717) is 31.0 Å². The lowest BCUT2D eigenvalue weighted by Crippen LogP contribution is -2.38. The van der Waals surface area contributed by atoms with E-state index in [9.17, 15) is 9.59 Å². The molecule has 2 aromatic carbocycles. The molecule has 0 atom stereocenters. The highest BCUT2D eigenvalue weighted by Gasteiger charge is 2.25. The molecule has 0 spiro atoms. The first-order chi connectivity index (χ1) is 13.1. The van der Waals surface area contributed by atoms with Crippen LogP contribution in [0, 0.1) is 6.92 Å². The number of nitrogens with zero attached hydrogens (tertiary/aromatic N) is 1. The van der Waals surface area contributed by atoms with Crippen molar-refractivity contribution in [3.05, 3.63) is 59.2 Å². The Bertz CT molecular complexity index is 835. The maximum atomic E-state index is 12.4. The number of aryl methyl sites for hydroxylation is 1. The maximum absolute atomic E-state index is 12.4. The molecule has 3 rings (SSSR count). The van der Waals surface area contributed by atoms with Crippen molar-refractivity contribution in [2.45, 2.75) is 19.9 Å². The Morgan fingerprint density at radius 1 is 1.26 bits per heavy atom. The summed E-state index contributed by atoms with van der Waals surface area (Å²) in [6.45, 7) is 3.56. The number of rotatable bonds is 7. The zero-order chi connectivity index (χ0) is 19.2. The molecule has 0 saturated heterocycles. The van der Waals surface area contributed by atoms with Gasteiger partial charge in [0.2, 0.25) is 0 Å². The molecule has 6 heteroatoms. The number of anilines is 1. The Labute approximate surface area is 159 Å². The Hall–Kier alpha value is -2.86. The first-order valence-corrected chi connectivity index (χ1v) is 8.98. The summed E-state index contributed by atoms with van der Waals surface area (Å²) in [4.78, 5) is 26.4. The summed E-state index contributed by atoms with van der Waals surface area (Å²) in [5.74, 6) is 0.479. The van der Waals surface area contributed by atoms with Crippen LogP contribution in [-0.4, -0.2) is 38.7 Å². The third-order valence-corrected chi connectivity index (χ3v) is 4.40. The van der Waals surface area contributed by atoms with E-state index in [-0.39, 0.29) is 18.4 Å². The van der Waals surface area contributed by atoms with Crippen LogP contribution in [0.2, 0.25) is 0 Å². The lowest BCUT2D eigenvalue weighted by atomic mass is 10.1. The van der Waals surface area contributed by atoms with Crippen LogP contribution in [0.5, 0.6) is 5.75 Å². The monoisotopic (exact) mass is 368 g/mol. The highest BCUT2D eigenvalue weighted by Crippen LogP contribution is 2.33. The van der Waals surface area contributed by atoms with Crippen molar-refractivity contribution in [2.24, 2.45) is 0 Å². The topological polar surface area (TPSA) is 67.9 Å². The van der Waals surface area contributed by atoms with Crippen molar-refractivity contribution in [3.8, 4) is 5.75 Å². The predicted molar refractivity (Wildman–Crippen MR) is 103 cm³/mol. The second-order valence-electron chi connectivity index (χ2n) is 6.54. The number of carbonyl (C=O) groups excluding carboxylic acids is 2. The van der Waals surface area contributed by atoms with Gasteiger partial charge < -0.3 is 19.7 Å². The molecule has 6 nitrogen and oxygen atoms in total. The summed E-state index contributed by atoms with van der Waals surface area (Å²) in [6.07, 6.45) is 0.764. The van der Waals surface area contributed by atoms with Crippen molar-refractivity contribution in [2.75, 3.05) is 31.8 Å². The average Bonchev–Trinajstić information content (AvgIpc) is 2.67. The lowest BCUT2D eigenvalue weighted by molar-refractivity contribution is -0.121. The number of methoxy groups -OCH3 is 1. The number of amides is 2. The molecule has 0 aliphatic carbocycles. The largest absolute Gasteiger partial charge is 0.482 e. The Balaban J connectivity index is 1.74. The molecule has 0 bridgehead atoms. The number of benzene rings is 2. The number of nitrogens with one attached hydrogen (secondary N) is 1. The molecule has 2 aromatic rings. The van der Waals surface area contributed by atoms with Gasteiger partial charge in [-0.3, -0.25) is 9.59 Å². The van der Waals surface area contributed by atoms with Gasteiger partial charge in [-0.15, -0.1) is 0 Å². The summed E-state index contributed by atoms with van der Waals surface area (Å²) in [6, 6.07) is 13.1. The number of fused-ring (bicyclic) bond motifs is 1. The number of carbonyl (C=O) groups is 2. The number of hydrogen-bond donors (Lipinski definition) is 1. The molecule has 0 unspecified atom stereocenters. The minimum Gasteiger partial charge on any atom is -0.482 e. The van der Waals surface area contributed by atoms with Gasteiger partial charge in [-0.05, 0) is 48.7 Å². The SMILES string of the molecule is COCCCNC(=O)c1cccc(CN2C(=O)COc3ccc(C)cc32)c1. The van der Waals surface area contributed by atoms with Gasteiger partial charge in [0.15, 0.2) is 6.61 Å². The molecule has 142 valence electrons. The molecule has 2 amide bonds. The standard InChI is InChI=1S/C21H24N2O4/c1-15-7-8-19-18(11-15)23(20(24)14-27-19)13-16-5-3-6-17(12-16)21(25)22-9-4-10-26-2/h3,5-8,11-12H,4,9-10,13-14H2,1-2H3,(H,22,25). The first-order valence-electron chi connectivity index (χ1n) is 8.98. The van der Waals surface area contributed by atoms with Gasteiger partial charge in [0, 0.05) is 25.8 Å². The third-order valence-electron chi connectivity index (χ3n) is 4.40. The Morgan fingerprint density at radius 2 is 2.11 bits per heavy atom. The van der Waals surface area contributed by atoms with E-state index in [4.69, 9.17) is 9.47 Å². The molecule has 1 heterocycles. The van der Waals surface area contributed by atoms with E-state index < -0.39 is 0 Å². The normalized spacial score (nSPS) is 13.1. The van der Waals surface area contributed by atoms with Crippen molar-refractivity contribution >= 4 is 17.5 Å². The second kappa shape index (κ2) is 8.68. The van der Waals surface area contributed by atoms with Crippen LogP contribution in [0.1, 0.15) is 27.9 Å². The van der Waals surface area contributed by atoms with Crippen LogP contribution in [0.25, 0.3) is 0 Å². The van der Waals surface area contributed by atoms with Crippen LogP contribution in [0.4, 0.5) is 5.69 Å². The Morgan fingerprint density at radius 3 is 2.93 bits per heavy atom. The van der Waals surface area contributed by atoms with E-state index in [2.05, 4.69) is 5.32 Å². The Kier molecular flexibility index (Phi) is 6.08. The lowest BCUT2D eigenvalue weighted by Gasteiger charge is -2.29. The van der Waals surface area contributed by atoms with Crippen molar-refractivity contribution < 1.29 is 19.1 Å². The molecule has 27 heavy (non-hydrogen) atoms. The quantitative estimate of drug-likeness (QED) is 0.763. The summed E-state index contributed by atoms with van der Waals surface area (Å²) in [5.41, 5.74) is 3.29. The third kappa shape index (κ3) is 4.65. The number of hydrogen-bond acceptors (Lipinski definition) is 4. The smallest absolute Gasteiger partial charge is 0.265 e. The first kappa shape index (κ1) is 18.9. The average molecular weight is 368 g/mol. The summed E-state index contributed by atoms with van der Waals surface area (Å²) in [5, 5.41) is 2.88. The molecule has 1 aliphatic rings. The fourth-order valence-corrected chi connectivity index (χ4v) is 3.00. The summed E-state index contributed by atoms with van der Waals surface area (Å²) < 4.78 is 10.5. The fourth-order valence-electron chi connectivity index (χ4n) is 3.00. The highest BCUT2D eigenvalue weighted by atomic mass is 16.5. The van der Waals surface area contributed by atoms with Gasteiger partial charge in [-0.1, -0.05) is 18.2 Å². The van der Waals surface area contributed by atoms with Gasteiger partial charge in [0.05, 0.1) is 12.2 Å². The fraction of sp³-hybridized carbons (Fsp3) is 0.333. The van der Waals surface area contributed by atoms with Gasteiger partial charge in [-0.2, -0.15) is 0 Å². The van der Waals surface area contributed by atoms with Crippen LogP contribution in [0.3, 0.4) is 0 Å². The summed E-state index contributed by atoms with van der Waals surface area (Å²) >= 11 is 0. The van der Waals surface area contributed by atoms with Gasteiger partial charge >= 0.3 is 0 Å². The van der Waals surface area contributed by atoms with E-state index in [1.54, 1.807) is 18.1 Å². The van der Waals surface area contributed by atoms with Crippen LogP contribution in [0.15, 0.2) is 42.5 Å². The minimum absolute atomic E-state index is 0.0235. The van der Waals surface area contributed by atoms with E-state index in [1.807, 2.05) is 43.3 Å². The van der Waals surface area contributed by atoms with E-state index >= 15 is 0 Å². The minimum atomic E-state index is -0.127. The zero-order valence-corrected chi connectivity index (χ0v) is 15.7. The predicted octanol–water partition coefficient (Wildman–Crippen LogP) is 2.69. The molecule has 0 aromatic heterocycles. The zero-order valence-electron chi connectivity index (χ0n) is 15.7. The molecule has 1 aliphatic heterocycles. The van der Waals surface area contributed by atoms with Crippen molar-refractivity contribution in [1.29, 1.82) is 0 Å². The van der Waals surface area contributed by atoms with E-state index in [0.717, 1.165) is 23.2 Å². The molecule has 0 fully saturated rings.